The van der Waals surface area contributed by atoms with E-state index >= 15 is 0 Å². The van der Waals surface area contributed by atoms with E-state index in [9.17, 15) is 19.1 Å². The number of hydrogen-bond acceptors (Lipinski definition) is 5. The van der Waals surface area contributed by atoms with Crippen LogP contribution in [0.4, 0.5) is 10.1 Å². The molecule has 0 bridgehead atoms. The molecule has 0 radical (unpaired) electrons. The van der Waals surface area contributed by atoms with Crippen molar-refractivity contribution in [2.45, 2.75) is 6.92 Å². The van der Waals surface area contributed by atoms with Crippen molar-refractivity contribution in [2.75, 3.05) is 12.4 Å². The van der Waals surface area contributed by atoms with Gasteiger partial charge in [0, 0.05) is 0 Å². The lowest BCUT2D eigenvalue weighted by Crippen LogP contribution is -2.34. The Labute approximate surface area is 149 Å². The van der Waals surface area contributed by atoms with Crippen LogP contribution in [0.1, 0.15) is 12.5 Å². The Balaban J connectivity index is 1.94. The Bertz CT molecular complexity index is 839. The number of para-hydroxylation sites is 1. The summed E-state index contributed by atoms with van der Waals surface area (Å²) < 4.78 is 18.5. The predicted octanol–water partition coefficient (Wildman–Crippen LogP) is 2.26. The molecule has 0 heterocycles. The number of anilines is 1. The fraction of sp³-hybridized carbons (Fsp3) is 0.167. The molecule has 3 N–H and O–H groups in total. The lowest BCUT2D eigenvalue weighted by atomic mass is 10.1. The number of amides is 2. The number of ether oxygens (including phenoxy) is 1. The second-order valence-corrected chi connectivity index (χ2v) is 5.36. The fourth-order valence-corrected chi connectivity index (χ4v) is 1.96. The van der Waals surface area contributed by atoms with Crippen molar-refractivity contribution in [3.8, 4) is 11.5 Å². The van der Waals surface area contributed by atoms with Crippen molar-refractivity contribution in [3.63, 3.8) is 0 Å². The molecule has 2 amide bonds. The van der Waals surface area contributed by atoms with E-state index in [1.807, 2.05) is 0 Å². The molecule has 2 aromatic rings. The minimum atomic E-state index is -1.08. The van der Waals surface area contributed by atoms with Crippen molar-refractivity contribution in [1.29, 1.82) is 0 Å². The van der Waals surface area contributed by atoms with E-state index in [2.05, 4.69) is 15.8 Å². The molecule has 0 aliphatic rings. The Hall–Kier alpha value is -3.42. The highest BCUT2D eigenvalue weighted by Gasteiger charge is 2.22. The molecule has 0 saturated carbocycles. The van der Waals surface area contributed by atoms with E-state index < -0.39 is 23.5 Å². The van der Waals surface area contributed by atoms with Gasteiger partial charge in [-0.1, -0.05) is 12.1 Å². The summed E-state index contributed by atoms with van der Waals surface area (Å²) in [5.74, 6) is -2.74. The number of aromatic hydroxyl groups is 1. The molecular weight excluding hydrogens is 341 g/mol. The minimum Gasteiger partial charge on any atom is -0.504 e. The molecule has 26 heavy (non-hydrogen) atoms. The number of nitrogens with zero attached hydrogens (tertiary/aromatic N) is 1. The first-order valence-electron chi connectivity index (χ1n) is 7.67. The van der Waals surface area contributed by atoms with Crippen LogP contribution in [0.25, 0.3) is 0 Å². The second-order valence-electron chi connectivity index (χ2n) is 5.36. The smallest absolute Gasteiger partial charge is 0.252 e. The maximum absolute atomic E-state index is 13.5. The quantitative estimate of drug-likeness (QED) is 0.418. The number of carbonyl (C=O) groups excluding carboxylic acids is 2. The molecule has 7 nitrogen and oxygen atoms in total. The Morgan fingerprint density at radius 1 is 1.23 bits per heavy atom. The Morgan fingerprint density at radius 3 is 2.65 bits per heavy atom. The second kappa shape index (κ2) is 8.61. The number of methoxy groups -OCH3 is 1. The summed E-state index contributed by atoms with van der Waals surface area (Å²) in [5, 5.41) is 15.6. The maximum atomic E-state index is 13.5. The first kappa shape index (κ1) is 18.9. The van der Waals surface area contributed by atoms with Crippen LogP contribution in [0.15, 0.2) is 47.6 Å². The summed E-state index contributed by atoms with van der Waals surface area (Å²) >= 11 is 0. The normalized spacial score (nSPS) is 11.8. The average Bonchev–Trinajstić information content (AvgIpc) is 2.64. The first-order valence-corrected chi connectivity index (χ1v) is 7.67. The molecule has 8 heteroatoms. The number of phenolic OH excluding ortho intramolecular Hbond substituents is 1. The van der Waals surface area contributed by atoms with Gasteiger partial charge in [0.05, 0.1) is 19.0 Å². The molecule has 0 aliphatic carbocycles. The maximum Gasteiger partial charge on any atom is 0.252 e. The van der Waals surface area contributed by atoms with E-state index in [0.717, 1.165) is 0 Å². The third-order valence-electron chi connectivity index (χ3n) is 3.51. The molecule has 1 unspecified atom stereocenters. The minimum absolute atomic E-state index is 0.00293. The molecule has 0 aliphatic heterocycles. The monoisotopic (exact) mass is 359 g/mol. The van der Waals surface area contributed by atoms with Gasteiger partial charge in [-0.25, -0.2) is 9.82 Å². The van der Waals surface area contributed by atoms with Gasteiger partial charge in [0.15, 0.2) is 11.5 Å². The molecule has 2 aromatic carbocycles. The average molecular weight is 359 g/mol. The zero-order valence-electron chi connectivity index (χ0n) is 14.2. The first-order chi connectivity index (χ1) is 12.4. The number of phenols is 1. The summed E-state index contributed by atoms with van der Waals surface area (Å²) in [5.41, 5.74) is 2.81. The van der Waals surface area contributed by atoms with Gasteiger partial charge in [-0.05, 0) is 42.8 Å². The van der Waals surface area contributed by atoms with E-state index in [4.69, 9.17) is 4.74 Å². The number of hydrazone groups is 1. The number of hydrogen-bond donors (Lipinski definition) is 3. The molecule has 0 saturated heterocycles. The number of nitrogens with one attached hydrogen (secondary N) is 2. The lowest BCUT2D eigenvalue weighted by molar-refractivity contribution is -0.131. The molecule has 0 spiro atoms. The molecule has 2 rings (SSSR count). The van der Waals surface area contributed by atoms with Crippen LogP contribution in [0.2, 0.25) is 0 Å². The highest BCUT2D eigenvalue weighted by Crippen LogP contribution is 2.25. The van der Waals surface area contributed by atoms with E-state index in [1.54, 1.807) is 12.1 Å². The molecular formula is C18H18FN3O4. The van der Waals surface area contributed by atoms with Gasteiger partial charge in [0.25, 0.3) is 5.91 Å². The molecule has 136 valence electrons. The number of benzene rings is 2. The standard InChI is InChI=1S/C18H18FN3O4/c1-11(17(24)21-14-6-4-3-5-13(14)19)18(25)22-20-10-12-7-8-15(23)16(9-12)26-2/h3-11,23H,1-2H3,(H,21,24)(H,22,25). The van der Waals surface area contributed by atoms with Gasteiger partial charge < -0.3 is 15.2 Å². The molecule has 0 fully saturated rings. The van der Waals surface area contributed by atoms with E-state index in [-0.39, 0.29) is 17.2 Å². The number of halogens is 1. The third-order valence-corrected chi connectivity index (χ3v) is 3.51. The van der Waals surface area contributed by atoms with Crippen molar-refractivity contribution < 1.29 is 23.8 Å². The van der Waals surface area contributed by atoms with E-state index in [1.165, 1.54) is 50.6 Å². The van der Waals surface area contributed by atoms with Crippen LogP contribution in [-0.4, -0.2) is 30.2 Å². The van der Waals surface area contributed by atoms with Gasteiger partial charge in [-0.15, -0.1) is 0 Å². The van der Waals surface area contributed by atoms with Crippen molar-refractivity contribution in [2.24, 2.45) is 11.0 Å². The van der Waals surface area contributed by atoms with Crippen molar-refractivity contribution in [3.05, 3.63) is 53.8 Å². The van der Waals surface area contributed by atoms with Crippen LogP contribution in [0, 0.1) is 11.7 Å². The summed E-state index contributed by atoms with van der Waals surface area (Å²) in [6, 6.07) is 10.2. The van der Waals surface area contributed by atoms with Crippen LogP contribution in [0.3, 0.4) is 0 Å². The summed E-state index contributed by atoms with van der Waals surface area (Å²) in [6.07, 6.45) is 1.33. The summed E-state index contributed by atoms with van der Waals surface area (Å²) in [7, 11) is 1.41. The zero-order chi connectivity index (χ0) is 19.1. The summed E-state index contributed by atoms with van der Waals surface area (Å²) in [6.45, 7) is 1.38. The summed E-state index contributed by atoms with van der Waals surface area (Å²) in [4.78, 5) is 24.0. The van der Waals surface area contributed by atoms with E-state index in [0.29, 0.717) is 5.56 Å². The van der Waals surface area contributed by atoms with Crippen LogP contribution in [-0.2, 0) is 9.59 Å². The van der Waals surface area contributed by atoms with Crippen molar-refractivity contribution >= 4 is 23.7 Å². The topological polar surface area (TPSA) is 100 Å². The zero-order valence-corrected chi connectivity index (χ0v) is 14.2. The largest absolute Gasteiger partial charge is 0.504 e. The SMILES string of the molecule is COc1cc(C=NNC(=O)C(C)C(=O)Nc2ccccc2F)ccc1O. The number of carbonyl (C=O) groups is 2. The Morgan fingerprint density at radius 2 is 1.96 bits per heavy atom. The highest BCUT2D eigenvalue weighted by atomic mass is 19.1. The van der Waals surface area contributed by atoms with Gasteiger partial charge in [0.1, 0.15) is 11.7 Å². The van der Waals surface area contributed by atoms with Crippen LogP contribution in [0.5, 0.6) is 11.5 Å². The molecule has 1 atom stereocenters. The third kappa shape index (κ3) is 4.79. The number of rotatable bonds is 6. The lowest BCUT2D eigenvalue weighted by Gasteiger charge is -2.11. The van der Waals surface area contributed by atoms with Crippen molar-refractivity contribution in [1.82, 2.24) is 5.43 Å². The highest BCUT2D eigenvalue weighted by molar-refractivity contribution is 6.06. The van der Waals surface area contributed by atoms with Gasteiger partial charge in [0.2, 0.25) is 5.91 Å². The fourth-order valence-electron chi connectivity index (χ4n) is 1.96. The molecule has 0 aromatic heterocycles. The van der Waals surface area contributed by atoms with Gasteiger partial charge in [-0.3, -0.25) is 9.59 Å². The Kier molecular flexibility index (Phi) is 6.26. The van der Waals surface area contributed by atoms with Crippen LogP contribution < -0.4 is 15.5 Å². The van der Waals surface area contributed by atoms with Gasteiger partial charge in [-0.2, -0.15) is 5.10 Å². The predicted molar refractivity (Wildman–Crippen MR) is 94.6 cm³/mol. The van der Waals surface area contributed by atoms with Crippen LogP contribution >= 0.6 is 0 Å². The van der Waals surface area contributed by atoms with Gasteiger partial charge >= 0.3 is 0 Å².